The Morgan fingerprint density at radius 2 is 1.82 bits per heavy atom. The van der Waals surface area contributed by atoms with Crippen LogP contribution < -0.4 is 10.0 Å². The Morgan fingerprint density at radius 1 is 1.18 bits per heavy atom. The number of sulfonamides is 1. The van der Waals surface area contributed by atoms with Crippen molar-refractivity contribution in [2.24, 2.45) is 0 Å². The monoisotopic (exact) mass is 472 g/mol. The van der Waals surface area contributed by atoms with Crippen molar-refractivity contribution in [3.05, 3.63) is 63.9 Å². The average molecular weight is 473 g/mol. The molecule has 2 rings (SSSR count). The summed E-state index contributed by atoms with van der Waals surface area (Å²) in [4.78, 5) is 23.8. The normalized spacial score (nSPS) is 12.3. The van der Waals surface area contributed by atoms with Crippen molar-refractivity contribution in [1.29, 1.82) is 0 Å². The van der Waals surface area contributed by atoms with Crippen molar-refractivity contribution in [2.75, 3.05) is 13.7 Å². The molecule has 0 aliphatic rings. The van der Waals surface area contributed by atoms with E-state index in [1.165, 1.54) is 7.05 Å². The first-order chi connectivity index (χ1) is 13.1. The molecule has 0 aliphatic carbocycles. The van der Waals surface area contributed by atoms with E-state index in [0.29, 0.717) is 0 Å². The molecule has 28 heavy (non-hydrogen) atoms. The molecule has 2 aromatic carbocycles. The van der Waals surface area contributed by atoms with Crippen LogP contribution in [0.5, 0.6) is 0 Å². The van der Waals surface area contributed by atoms with Gasteiger partial charge in [-0.25, -0.2) is 22.3 Å². The van der Waals surface area contributed by atoms with Crippen LogP contribution in [-0.4, -0.2) is 33.9 Å². The van der Waals surface area contributed by atoms with Crippen molar-refractivity contribution < 1.29 is 27.1 Å². The van der Waals surface area contributed by atoms with Crippen LogP contribution >= 0.6 is 15.9 Å². The van der Waals surface area contributed by atoms with Gasteiger partial charge in [0.15, 0.2) is 6.61 Å². The zero-order chi connectivity index (χ0) is 20.9. The van der Waals surface area contributed by atoms with E-state index in [1.54, 1.807) is 6.92 Å². The summed E-state index contributed by atoms with van der Waals surface area (Å²) in [6, 6.07) is 9.68. The fourth-order valence-corrected chi connectivity index (χ4v) is 3.29. The zero-order valence-corrected chi connectivity index (χ0v) is 17.4. The van der Waals surface area contributed by atoms with Crippen LogP contribution in [0.4, 0.5) is 4.39 Å². The second-order valence-electron chi connectivity index (χ2n) is 5.77. The summed E-state index contributed by atoms with van der Waals surface area (Å²) in [6.07, 6.45) is 0. The van der Waals surface area contributed by atoms with Crippen LogP contribution in [0.1, 0.15) is 28.9 Å². The summed E-state index contributed by atoms with van der Waals surface area (Å²) in [5.74, 6) is -2.68. The number of rotatable bonds is 7. The number of esters is 1. The zero-order valence-electron chi connectivity index (χ0n) is 15.0. The molecule has 0 heterocycles. The quantitative estimate of drug-likeness (QED) is 0.602. The Labute approximate surface area is 170 Å². The highest BCUT2D eigenvalue weighted by molar-refractivity contribution is 9.10. The van der Waals surface area contributed by atoms with Crippen molar-refractivity contribution in [2.45, 2.75) is 17.9 Å². The average Bonchev–Trinajstić information content (AvgIpc) is 2.66. The summed E-state index contributed by atoms with van der Waals surface area (Å²) in [5.41, 5.74) is 0.268. The third kappa shape index (κ3) is 5.60. The van der Waals surface area contributed by atoms with Gasteiger partial charge in [-0.1, -0.05) is 28.1 Å². The third-order valence-electron chi connectivity index (χ3n) is 3.82. The second-order valence-corrected chi connectivity index (χ2v) is 8.57. The second kappa shape index (κ2) is 9.26. The van der Waals surface area contributed by atoms with Crippen LogP contribution in [0.25, 0.3) is 0 Å². The van der Waals surface area contributed by atoms with Crippen LogP contribution in [-0.2, 0) is 19.6 Å². The predicted octanol–water partition coefficient (Wildman–Crippen LogP) is 2.53. The number of halogens is 2. The van der Waals surface area contributed by atoms with E-state index in [9.17, 15) is 22.4 Å². The van der Waals surface area contributed by atoms with Gasteiger partial charge in [-0.15, -0.1) is 0 Å². The molecule has 150 valence electrons. The lowest BCUT2D eigenvalue weighted by Gasteiger charge is -2.14. The van der Waals surface area contributed by atoms with Gasteiger partial charge in [0.2, 0.25) is 10.0 Å². The first-order valence-electron chi connectivity index (χ1n) is 8.09. The predicted molar refractivity (Wildman–Crippen MR) is 104 cm³/mol. The van der Waals surface area contributed by atoms with Crippen molar-refractivity contribution in [1.82, 2.24) is 10.0 Å². The van der Waals surface area contributed by atoms with Gasteiger partial charge in [0.1, 0.15) is 5.82 Å². The minimum absolute atomic E-state index is 0.295. The Bertz CT molecular complexity index is 980. The molecule has 0 aliphatic heterocycles. The number of nitrogens with one attached hydrogen (secondary N) is 2. The smallest absolute Gasteiger partial charge is 0.341 e. The number of carbonyl (C=O) groups excluding carboxylic acids is 2. The number of ether oxygens (including phenoxy) is 1. The molecule has 0 saturated heterocycles. The van der Waals surface area contributed by atoms with E-state index in [0.717, 1.165) is 28.2 Å². The number of hydrogen-bond acceptors (Lipinski definition) is 5. The van der Waals surface area contributed by atoms with E-state index in [4.69, 9.17) is 4.74 Å². The van der Waals surface area contributed by atoms with Crippen molar-refractivity contribution >= 4 is 37.8 Å². The van der Waals surface area contributed by atoms with Gasteiger partial charge >= 0.3 is 5.97 Å². The summed E-state index contributed by atoms with van der Waals surface area (Å²) in [5, 5.41) is 2.65. The van der Waals surface area contributed by atoms with Gasteiger partial charge in [-0.3, -0.25) is 4.79 Å². The molecule has 0 aromatic heterocycles. The fourth-order valence-electron chi connectivity index (χ4n) is 2.27. The van der Waals surface area contributed by atoms with Gasteiger partial charge < -0.3 is 10.1 Å². The summed E-state index contributed by atoms with van der Waals surface area (Å²) < 4.78 is 45.2. The lowest BCUT2D eigenvalue weighted by molar-refractivity contribution is -0.124. The Morgan fingerprint density at radius 3 is 2.43 bits per heavy atom. The first-order valence-corrected chi connectivity index (χ1v) is 10.4. The van der Waals surface area contributed by atoms with Crippen LogP contribution in [0.2, 0.25) is 0 Å². The van der Waals surface area contributed by atoms with Crippen LogP contribution in [0.3, 0.4) is 0 Å². The minimum Gasteiger partial charge on any atom is -0.452 e. The molecule has 10 heteroatoms. The number of amides is 1. The first kappa shape index (κ1) is 22.0. The molecule has 0 fully saturated rings. The maximum Gasteiger partial charge on any atom is 0.341 e. The number of carbonyl (C=O) groups is 2. The SMILES string of the molecule is CNS(=O)(=O)c1ccc(F)c(C(=O)OCC(=O)NC(C)c2ccc(Br)cc2)c1. The highest BCUT2D eigenvalue weighted by Gasteiger charge is 2.20. The van der Waals surface area contributed by atoms with Gasteiger partial charge in [0.05, 0.1) is 16.5 Å². The van der Waals surface area contributed by atoms with E-state index >= 15 is 0 Å². The van der Waals surface area contributed by atoms with Gasteiger partial charge in [0, 0.05) is 4.47 Å². The highest BCUT2D eigenvalue weighted by atomic mass is 79.9. The lowest BCUT2D eigenvalue weighted by Crippen LogP contribution is -2.31. The molecule has 1 atom stereocenters. The molecule has 2 aromatic rings. The maximum absolute atomic E-state index is 13.9. The highest BCUT2D eigenvalue weighted by Crippen LogP contribution is 2.17. The topological polar surface area (TPSA) is 102 Å². The van der Waals surface area contributed by atoms with Crippen molar-refractivity contribution in [3.63, 3.8) is 0 Å². The molecule has 0 bridgehead atoms. The molecule has 1 unspecified atom stereocenters. The largest absolute Gasteiger partial charge is 0.452 e. The van der Waals surface area contributed by atoms with Crippen LogP contribution in [0, 0.1) is 5.82 Å². The van der Waals surface area contributed by atoms with E-state index in [2.05, 4.69) is 26.0 Å². The minimum atomic E-state index is -3.86. The van der Waals surface area contributed by atoms with Crippen molar-refractivity contribution in [3.8, 4) is 0 Å². The molecule has 7 nitrogen and oxygen atoms in total. The molecule has 0 saturated carbocycles. The molecule has 1 amide bonds. The third-order valence-corrected chi connectivity index (χ3v) is 5.76. The molecular formula is C18H18BrFN2O5S. The maximum atomic E-state index is 13.9. The van der Waals surface area contributed by atoms with E-state index in [-0.39, 0.29) is 10.9 Å². The molecule has 2 N–H and O–H groups in total. The summed E-state index contributed by atoms with van der Waals surface area (Å²) in [6.45, 7) is 1.12. The Kier molecular flexibility index (Phi) is 7.28. The summed E-state index contributed by atoms with van der Waals surface area (Å²) in [7, 11) is -2.67. The van der Waals surface area contributed by atoms with E-state index in [1.807, 2.05) is 24.3 Å². The standard InChI is InChI=1S/C18H18BrFN2O5S/c1-11(12-3-5-13(19)6-4-12)22-17(23)10-27-18(24)15-9-14(7-8-16(15)20)28(25,26)21-2/h3-9,11,21H,10H2,1-2H3,(H,22,23). The Balaban J connectivity index is 2.00. The van der Waals surface area contributed by atoms with Gasteiger partial charge in [-0.05, 0) is 49.9 Å². The molecule has 0 spiro atoms. The fraction of sp³-hybridized carbons (Fsp3) is 0.222. The van der Waals surface area contributed by atoms with E-state index < -0.39 is 39.9 Å². The summed E-state index contributed by atoms with van der Waals surface area (Å²) >= 11 is 3.32. The van der Waals surface area contributed by atoms with Crippen LogP contribution in [0.15, 0.2) is 51.8 Å². The number of benzene rings is 2. The van der Waals surface area contributed by atoms with Gasteiger partial charge in [0.25, 0.3) is 5.91 Å². The van der Waals surface area contributed by atoms with Gasteiger partial charge in [-0.2, -0.15) is 0 Å². The Hall–Kier alpha value is -2.30. The number of hydrogen-bond donors (Lipinski definition) is 2. The molecule has 0 radical (unpaired) electrons. The molecular weight excluding hydrogens is 455 g/mol. The lowest BCUT2D eigenvalue weighted by atomic mass is 10.1.